The topological polar surface area (TPSA) is 67.4 Å². The summed E-state index contributed by atoms with van der Waals surface area (Å²) in [5.74, 6) is 1.72. The lowest BCUT2D eigenvalue weighted by molar-refractivity contribution is -0.0318. The fourth-order valence-corrected chi connectivity index (χ4v) is 4.03. The molecular weight excluding hydrogens is 531 g/mol. The second kappa shape index (κ2) is 14.2. The number of hydrogen-bond donors (Lipinski definition) is 2. The number of hydrogen-bond acceptors (Lipinski definition) is 5. The minimum atomic E-state index is 0. The summed E-state index contributed by atoms with van der Waals surface area (Å²) in [6.07, 6.45) is 4.31. The second-order valence-electron chi connectivity index (χ2n) is 7.69. The van der Waals surface area contributed by atoms with Gasteiger partial charge in [-0.2, -0.15) is 0 Å². The highest BCUT2D eigenvalue weighted by molar-refractivity contribution is 14.0. The summed E-state index contributed by atoms with van der Waals surface area (Å²) in [6, 6.07) is 6.08. The number of nitrogens with zero attached hydrogens (tertiary/aromatic N) is 2. The molecule has 2 fully saturated rings. The van der Waals surface area contributed by atoms with Gasteiger partial charge in [0.15, 0.2) is 5.96 Å². The van der Waals surface area contributed by atoms with E-state index in [0.717, 1.165) is 94.1 Å². The van der Waals surface area contributed by atoms with Crippen LogP contribution in [-0.4, -0.2) is 71.2 Å². The molecule has 0 spiro atoms. The van der Waals surface area contributed by atoms with Gasteiger partial charge in [0.1, 0.15) is 5.75 Å². The highest BCUT2D eigenvalue weighted by atomic mass is 127. The third-order valence-electron chi connectivity index (χ3n) is 5.45. The van der Waals surface area contributed by atoms with Gasteiger partial charge in [-0.3, -0.25) is 4.99 Å². The monoisotopic (exact) mass is 566 g/mol. The lowest BCUT2D eigenvalue weighted by atomic mass is 10.1. The lowest BCUT2D eigenvalue weighted by Gasteiger charge is -2.23. The van der Waals surface area contributed by atoms with Crippen LogP contribution in [0.3, 0.4) is 0 Å². The lowest BCUT2D eigenvalue weighted by Crippen LogP contribution is -2.44. The van der Waals surface area contributed by atoms with Crippen molar-refractivity contribution in [2.75, 3.05) is 58.0 Å². The van der Waals surface area contributed by atoms with E-state index in [9.17, 15) is 0 Å². The summed E-state index contributed by atoms with van der Waals surface area (Å²) < 4.78 is 16.8. The first-order valence-electron chi connectivity index (χ1n) is 11.0. The molecule has 2 heterocycles. The first-order chi connectivity index (χ1) is 14.7. The maximum atomic E-state index is 6.20. The maximum absolute atomic E-state index is 6.20. The van der Waals surface area contributed by atoms with Crippen LogP contribution in [0.4, 0.5) is 5.69 Å². The SMILES string of the molecule is CCNC(=NCCCOC1CCOCC1)NC1CCN(c2cc(Cl)ccc2OC)C1.I. The van der Waals surface area contributed by atoms with E-state index in [2.05, 4.69) is 22.5 Å². The highest BCUT2D eigenvalue weighted by Gasteiger charge is 2.25. The van der Waals surface area contributed by atoms with Gasteiger partial charge in [-0.15, -0.1) is 24.0 Å². The van der Waals surface area contributed by atoms with E-state index in [-0.39, 0.29) is 24.0 Å². The highest BCUT2D eigenvalue weighted by Crippen LogP contribution is 2.33. The molecule has 1 unspecified atom stereocenters. The van der Waals surface area contributed by atoms with Crippen molar-refractivity contribution in [1.29, 1.82) is 0 Å². The Bertz CT molecular complexity index is 689. The zero-order chi connectivity index (χ0) is 21.2. The maximum Gasteiger partial charge on any atom is 0.191 e. The fourth-order valence-electron chi connectivity index (χ4n) is 3.87. The van der Waals surface area contributed by atoms with Crippen molar-refractivity contribution in [2.24, 2.45) is 4.99 Å². The van der Waals surface area contributed by atoms with Gasteiger partial charge in [-0.1, -0.05) is 11.6 Å². The largest absolute Gasteiger partial charge is 0.495 e. The molecule has 2 saturated heterocycles. The van der Waals surface area contributed by atoms with E-state index < -0.39 is 0 Å². The molecule has 9 heteroatoms. The van der Waals surface area contributed by atoms with Gasteiger partial charge in [0.2, 0.25) is 0 Å². The van der Waals surface area contributed by atoms with Crippen LogP contribution in [0, 0.1) is 0 Å². The molecule has 0 saturated carbocycles. The Morgan fingerprint density at radius 3 is 2.84 bits per heavy atom. The summed E-state index contributed by atoms with van der Waals surface area (Å²) in [5.41, 5.74) is 1.04. The Labute approximate surface area is 208 Å². The van der Waals surface area contributed by atoms with Gasteiger partial charge in [0, 0.05) is 57.1 Å². The van der Waals surface area contributed by atoms with E-state index in [4.69, 9.17) is 30.8 Å². The Morgan fingerprint density at radius 2 is 2.10 bits per heavy atom. The third-order valence-corrected chi connectivity index (χ3v) is 5.68. The molecule has 2 N–H and O–H groups in total. The van der Waals surface area contributed by atoms with E-state index in [1.807, 2.05) is 18.2 Å². The summed E-state index contributed by atoms with van der Waals surface area (Å²) in [6.45, 7) is 7.89. The number of aliphatic imine (C=N–C) groups is 1. The molecule has 176 valence electrons. The Hall–Kier alpha value is -0.970. The summed E-state index contributed by atoms with van der Waals surface area (Å²) in [7, 11) is 1.69. The molecule has 0 bridgehead atoms. The zero-order valence-corrected chi connectivity index (χ0v) is 21.7. The van der Waals surface area contributed by atoms with Crippen LogP contribution in [0.25, 0.3) is 0 Å². The van der Waals surface area contributed by atoms with Crippen molar-refractivity contribution in [1.82, 2.24) is 10.6 Å². The number of anilines is 1. The van der Waals surface area contributed by atoms with Crippen molar-refractivity contribution in [3.63, 3.8) is 0 Å². The molecule has 0 amide bonds. The molecule has 1 atom stereocenters. The minimum Gasteiger partial charge on any atom is -0.495 e. The molecule has 2 aliphatic rings. The molecule has 0 aromatic heterocycles. The smallest absolute Gasteiger partial charge is 0.191 e. The molecular formula is C22H36ClIN4O3. The third kappa shape index (κ3) is 8.47. The van der Waals surface area contributed by atoms with Crippen molar-refractivity contribution >= 4 is 47.2 Å². The second-order valence-corrected chi connectivity index (χ2v) is 8.13. The molecule has 7 nitrogen and oxygen atoms in total. The van der Waals surface area contributed by atoms with Crippen molar-refractivity contribution in [2.45, 2.75) is 44.8 Å². The average molecular weight is 567 g/mol. The summed E-state index contributed by atoms with van der Waals surface area (Å²) >= 11 is 6.20. The number of benzene rings is 1. The van der Waals surface area contributed by atoms with E-state index >= 15 is 0 Å². The van der Waals surface area contributed by atoms with E-state index in [1.54, 1.807) is 7.11 Å². The van der Waals surface area contributed by atoms with Crippen molar-refractivity contribution < 1.29 is 14.2 Å². The minimum absolute atomic E-state index is 0. The van der Waals surface area contributed by atoms with Crippen molar-refractivity contribution in [3.8, 4) is 5.75 Å². The molecule has 3 rings (SSSR count). The van der Waals surface area contributed by atoms with Crippen LogP contribution < -0.4 is 20.3 Å². The van der Waals surface area contributed by atoms with Gasteiger partial charge in [-0.25, -0.2) is 0 Å². The number of nitrogens with one attached hydrogen (secondary N) is 2. The quantitative estimate of drug-likeness (QED) is 0.206. The van der Waals surface area contributed by atoms with Crippen LogP contribution in [0.5, 0.6) is 5.75 Å². The standard InChI is InChI=1S/C22H35ClN4O3.HI/c1-3-24-22(25-10-4-12-30-19-8-13-29-14-9-19)26-18-7-11-27(16-18)20-15-17(23)5-6-21(20)28-2;/h5-6,15,18-19H,3-4,7-14,16H2,1-2H3,(H2,24,25,26);1H. The number of guanidine groups is 1. The molecule has 0 radical (unpaired) electrons. The molecule has 2 aliphatic heterocycles. The van der Waals surface area contributed by atoms with Crippen molar-refractivity contribution in [3.05, 3.63) is 23.2 Å². The Kier molecular flexibility index (Phi) is 12.1. The van der Waals surface area contributed by atoms with E-state index in [0.29, 0.717) is 12.1 Å². The van der Waals surface area contributed by atoms with Crippen LogP contribution in [-0.2, 0) is 9.47 Å². The molecule has 31 heavy (non-hydrogen) atoms. The normalized spacial score (nSPS) is 19.8. The molecule has 1 aromatic carbocycles. The van der Waals surface area contributed by atoms with Crippen LogP contribution in [0.15, 0.2) is 23.2 Å². The Balaban J connectivity index is 0.00000341. The molecule has 0 aliphatic carbocycles. The summed E-state index contributed by atoms with van der Waals surface area (Å²) in [4.78, 5) is 7.04. The number of ether oxygens (including phenoxy) is 3. The van der Waals surface area contributed by atoms with Gasteiger partial charge in [0.25, 0.3) is 0 Å². The summed E-state index contributed by atoms with van der Waals surface area (Å²) in [5, 5.41) is 7.65. The number of rotatable bonds is 9. The first-order valence-corrected chi connectivity index (χ1v) is 11.4. The van der Waals surface area contributed by atoms with Crippen LogP contribution >= 0.6 is 35.6 Å². The van der Waals surface area contributed by atoms with E-state index in [1.165, 1.54) is 0 Å². The number of halogens is 2. The number of methoxy groups -OCH3 is 1. The van der Waals surface area contributed by atoms with Gasteiger partial charge in [0.05, 0.1) is 18.9 Å². The zero-order valence-electron chi connectivity index (χ0n) is 18.6. The first kappa shape index (κ1) is 26.3. The predicted octanol–water partition coefficient (Wildman–Crippen LogP) is 3.69. The van der Waals surface area contributed by atoms with Crippen LogP contribution in [0.2, 0.25) is 5.02 Å². The van der Waals surface area contributed by atoms with Crippen LogP contribution in [0.1, 0.15) is 32.6 Å². The predicted molar refractivity (Wildman–Crippen MR) is 138 cm³/mol. The van der Waals surface area contributed by atoms with Gasteiger partial charge in [-0.05, 0) is 50.8 Å². The fraction of sp³-hybridized carbons (Fsp3) is 0.682. The average Bonchev–Trinajstić information content (AvgIpc) is 3.22. The van der Waals surface area contributed by atoms with Gasteiger partial charge >= 0.3 is 0 Å². The van der Waals surface area contributed by atoms with Gasteiger partial charge < -0.3 is 29.7 Å². The Morgan fingerprint density at radius 1 is 1.29 bits per heavy atom. The molecule has 1 aromatic rings.